The minimum Gasteiger partial charge on any atom is -0.481 e. The summed E-state index contributed by atoms with van der Waals surface area (Å²) in [6.07, 6.45) is -4.49. The molecule has 0 aliphatic carbocycles. The summed E-state index contributed by atoms with van der Waals surface area (Å²) in [5, 5.41) is 8.89. The van der Waals surface area contributed by atoms with Crippen LogP contribution >= 0.6 is 0 Å². The summed E-state index contributed by atoms with van der Waals surface area (Å²) < 4.78 is 38.2. The van der Waals surface area contributed by atoms with E-state index in [1.165, 1.54) is 12.1 Å². The lowest BCUT2D eigenvalue weighted by Gasteiger charge is -2.38. The topological polar surface area (TPSA) is 53.4 Å². The highest BCUT2D eigenvalue weighted by molar-refractivity contribution is 5.75. The molecule has 1 saturated heterocycles. The van der Waals surface area contributed by atoms with Crippen LogP contribution in [0.2, 0.25) is 0 Å². The van der Waals surface area contributed by atoms with Crippen molar-refractivity contribution >= 4 is 11.7 Å². The number of alkyl halides is 3. The third-order valence-electron chi connectivity index (χ3n) is 3.78. The van der Waals surface area contributed by atoms with Crippen molar-refractivity contribution in [3.63, 3.8) is 0 Å². The number of aromatic nitrogens is 1. The fourth-order valence-corrected chi connectivity index (χ4v) is 2.46. The van der Waals surface area contributed by atoms with Crippen LogP contribution in [0.5, 0.6) is 0 Å². The van der Waals surface area contributed by atoms with E-state index in [0.29, 0.717) is 18.7 Å². The number of halogens is 3. The number of rotatable bonds is 3. The molecular weight excluding hydrogens is 309 g/mol. The number of anilines is 1. The van der Waals surface area contributed by atoms with Crippen LogP contribution in [0.25, 0.3) is 11.3 Å². The monoisotopic (exact) mass is 322 g/mol. The van der Waals surface area contributed by atoms with Crippen LogP contribution in [0.4, 0.5) is 18.9 Å². The van der Waals surface area contributed by atoms with Gasteiger partial charge in [0, 0.05) is 24.3 Å². The second-order valence-corrected chi connectivity index (χ2v) is 5.40. The van der Waals surface area contributed by atoms with Crippen LogP contribution in [0, 0.1) is 5.92 Å². The molecule has 3 rings (SSSR count). The van der Waals surface area contributed by atoms with Crippen LogP contribution in [-0.4, -0.2) is 29.1 Å². The van der Waals surface area contributed by atoms with Crippen LogP contribution in [0.1, 0.15) is 5.69 Å². The second-order valence-electron chi connectivity index (χ2n) is 5.40. The Morgan fingerprint density at radius 3 is 2.52 bits per heavy atom. The molecule has 1 fully saturated rings. The second kappa shape index (κ2) is 5.57. The lowest BCUT2D eigenvalue weighted by Crippen LogP contribution is -2.50. The highest BCUT2D eigenvalue weighted by Crippen LogP contribution is 2.31. The molecule has 1 aliphatic rings. The Bertz CT molecular complexity index is 740. The molecule has 0 spiro atoms. The van der Waals surface area contributed by atoms with Crippen LogP contribution in [-0.2, 0) is 11.0 Å². The van der Waals surface area contributed by atoms with Gasteiger partial charge in [-0.05, 0) is 24.3 Å². The predicted molar refractivity (Wildman–Crippen MR) is 78.0 cm³/mol. The molecule has 0 radical (unpaired) electrons. The summed E-state index contributed by atoms with van der Waals surface area (Å²) in [6, 6.07) is 10.7. The van der Waals surface area contributed by atoms with Gasteiger partial charge in [-0.3, -0.25) is 4.79 Å². The van der Waals surface area contributed by atoms with Crippen LogP contribution < -0.4 is 4.90 Å². The number of nitrogens with zero attached hydrogens (tertiary/aromatic N) is 2. The minimum atomic E-state index is -4.49. The summed E-state index contributed by atoms with van der Waals surface area (Å²) in [7, 11) is 0. The molecule has 0 unspecified atom stereocenters. The molecule has 7 heteroatoms. The molecule has 120 valence electrons. The number of benzene rings is 1. The maximum atomic E-state index is 12.7. The van der Waals surface area contributed by atoms with Gasteiger partial charge >= 0.3 is 12.1 Å². The normalized spacial score (nSPS) is 15.3. The minimum absolute atomic E-state index is 0.233. The first-order valence-electron chi connectivity index (χ1n) is 6.97. The van der Waals surface area contributed by atoms with E-state index in [0.717, 1.165) is 11.8 Å². The Morgan fingerprint density at radius 1 is 1.17 bits per heavy atom. The van der Waals surface area contributed by atoms with E-state index in [-0.39, 0.29) is 5.69 Å². The van der Waals surface area contributed by atoms with Crippen molar-refractivity contribution < 1.29 is 23.1 Å². The molecule has 1 aliphatic heterocycles. The maximum absolute atomic E-state index is 12.7. The van der Waals surface area contributed by atoms with Crippen molar-refractivity contribution in [1.82, 2.24) is 4.98 Å². The highest BCUT2D eigenvalue weighted by atomic mass is 19.4. The van der Waals surface area contributed by atoms with Gasteiger partial charge in [0.2, 0.25) is 0 Å². The fraction of sp³-hybridized carbons (Fsp3) is 0.250. The smallest absolute Gasteiger partial charge is 0.433 e. The van der Waals surface area contributed by atoms with E-state index in [4.69, 9.17) is 5.11 Å². The number of hydrogen-bond donors (Lipinski definition) is 1. The molecule has 23 heavy (non-hydrogen) atoms. The summed E-state index contributed by atoms with van der Waals surface area (Å²) >= 11 is 0. The van der Waals surface area contributed by atoms with Gasteiger partial charge in [-0.15, -0.1) is 0 Å². The lowest BCUT2D eigenvalue weighted by molar-refractivity contribution is -0.142. The molecule has 2 heterocycles. The molecule has 4 nitrogen and oxygen atoms in total. The number of hydrogen-bond acceptors (Lipinski definition) is 3. The van der Waals surface area contributed by atoms with Gasteiger partial charge in [0.25, 0.3) is 0 Å². The van der Waals surface area contributed by atoms with Gasteiger partial charge in [0.15, 0.2) is 0 Å². The molecule has 0 saturated carbocycles. The van der Waals surface area contributed by atoms with Gasteiger partial charge in [-0.25, -0.2) is 4.98 Å². The van der Waals surface area contributed by atoms with E-state index in [1.807, 2.05) is 4.90 Å². The van der Waals surface area contributed by atoms with Crippen molar-refractivity contribution in [2.45, 2.75) is 6.18 Å². The zero-order valence-corrected chi connectivity index (χ0v) is 11.9. The first kappa shape index (κ1) is 15.3. The Morgan fingerprint density at radius 2 is 1.87 bits per heavy atom. The highest BCUT2D eigenvalue weighted by Gasteiger charge is 2.33. The molecular formula is C16H13F3N2O2. The third kappa shape index (κ3) is 3.13. The first-order chi connectivity index (χ1) is 10.8. The summed E-state index contributed by atoms with van der Waals surface area (Å²) in [5.41, 5.74) is 0.638. The number of pyridine rings is 1. The van der Waals surface area contributed by atoms with Crippen LogP contribution in [0.15, 0.2) is 42.5 Å². The molecule has 1 aromatic carbocycles. The maximum Gasteiger partial charge on any atom is 0.433 e. The molecule has 2 aromatic rings. The molecule has 1 N–H and O–H groups in total. The molecule has 0 amide bonds. The Labute approximate surface area is 130 Å². The molecule has 1 aromatic heterocycles. The third-order valence-corrected chi connectivity index (χ3v) is 3.78. The van der Waals surface area contributed by atoms with Gasteiger partial charge < -0.3 is 10.0 Å². The standard InChI is InChI=1S/C16H13F3N2O2/c17-16(18,19)14-6-2-5-13(20-14)10-3-1-4-12(7-10)21-8-11(9-21)15(22)23/h1-7,11H,8-9H2,(H,22,23). The van der Waals surface area contributed by atoms with E-state index in [1.54, 1.807) is 24.3 Å². The van der Waals surface area contributed by atoms with Gasteiger partial charge in [0.05, 0.1) is 11.6 Å². The first-order valence-corrected chi connectivity index (χ1v) is 6.97. The van der Waals surface area contributed by atoms with Crippen molar-refractivity contribution in [2.75, 3.05) is 18.0 Å². The van der Waals surface area contributed by atoms with Gasteiger partial charge in [0.1, 0.15) is 5.69 Å². The van der Waals surface area contributed by atoms with E-state index in [9.17, 15) is 18.0 Å². The summed E-state index contributed by atoms with van der Waals surface area (Å²) in [4.78, 5) is 16.4. The Kier molecular flexibility index (Phi) is 3.71. The lowest BCUT2D eigenvalue weighted by atomic mass is 9.99. The number of carboxylic acid groups (broad SMARTS) is 1. The molecule has 0 bridgehead atoms. The fourth-order valence-electron chi connectivity index (χ4n) is 2.46. The number of carboxylic acids is 1. The van der Waals surface area contributed by atoms with Crippen molar-refractivity contribution in [2.24, 2.45) is 5.92 Å². The van der Waals surface area contributed by atoms with E-state index >= 15 is 0 Å². The molecule has 0 atom stereocenters. The van der Waals surface area contributed by atoms with Crippen molar-refractivity contribution in [3.05, 3.63) is 48.2 Å². The summed E-state index contributed by atoms with van der Waals surface area (Å²) in [6.45, 7) is 0.795. The Hall–Kier alpha value is -2.57. The van der Waals surface area contributed by atoms with Gasteiger partial charge in [-0.2, -0.15) is 13.2 Å². The number of aliphatic carboxylic acids is 1. The van der Waals surface area contributed by atoms with Crippen molar-refractivity contribution in [1.29, 1.82) is 0 Å². The largest absolute Gasteiger partial charge is 0.481 e. The Balaban J connectivity index is 1.85. The van der Waals surface area contributed by atoms with Gasteiger partial charge in [-0.1, -0.05) is 18.2 Å². The SMILES string of the molecule is O=C(O)C1CN(c2cccc(-c3cccc(C(F)(F)F)n3)c2)C1. The quantitative estimate of drug-likeness (QED) is 0.942. The average Bonchev–Trinajstić information content (AvgIpc) is 2.45. The number of carbonyl (C=O) groups is 1. The van der Waals surface area contributed by atoms with E-state index in [2.05, 4.69) is 4.98 Å². The summed E-state index contributed by atoms with van der Waals surface area (Å²) in [5.74, 6) is -1.23. The average molecular weight is 322 g/mol. The van der Waals surface area contributed by atoms with Crippen LogP contribution in [0.3, 0.4) is 0 Å². The predicted octanol–water partition coefficient (Wildman–Crippen LogP) is 3.29. The van der Waals surface area contributed by atoms with E-state index < -0.39 is 23.8 Å². The zero-order chi connectivity index (χ0) is 16.6. The van der Waals surface area contributed by atoms with Crippen molar-refractivity contribution in [3.8, 4) is 11.3 Å². The zero-order valence-electron chi connectivity index (χ0n) is 11.9.